The minimum Gasteiger partial charge on any atom is -0.345 e. The second kappa shape index (κ2) is 6.65. The molecule has 1 aromatic heterocycles. The van der Waals surface area contributed by atoms with Crippen LogP contribution in [-0.4, -0.2) is 63.2 Å². The summed E-state index contributed by atoms with van der Waals surface area (Å²) < 4.78 is 25.8. The van der Waals surface area contributed by atoms with Crippen LogP contribution in [0.4, 0.5) is 5.13 Å². The number of piperazine rings is 1. The number of thiazole rings is 1. The van der Waals surface area contributed by atoms with Gasteiger partial charge in [0, 0.05) is 37.8 Å². The van der Waals surface area contributed by atoms with Gasteiger partial charge in [0.1, 0.15) is 0 Å². The van der Waals surface area contributed by atoms with Crippen LogP contribution in [0.1, 0.15) is 6.42 Å². The van der Waals surface area contributed by atoms with Gasteiger partial charge in [-0.1, -0.05) is 0 Å². The summed E-state index contributed by atoms with van der Waals surface area (Å²) >= 11 is 1.59. The van der Waals surface area contributed by atoms with Crippen LogP contribution < -0.4 is 10.2 Å². The maximum absolute atomic E-state index is 12.1. The quantitative estimate of drug-likeness (QED) is 0.761. The molecule has 8 heteroatoms. The molecule has 1 aliphatic rings. The van der Waals surface area contributed by atoms with Gasteiger partial charge in [-0.25, -0.2) is 13.4 Å². The number of nitrogens with zero attached hydrogens (tertiary/aromatic N) is 3. The highest BCUT2D eigenvalue weighted by atomic mass is 32.2. The second-order valence-corrected chi connectivity index (χ2v) is 7.44. The fourth-order valence-electron chi connectivity index (χ4n) is 2.09. The van der Waals surface area contributed by atoms with E-state index in [1.54, 1.807) is 21.8 Å². The van der Waals surface area contributed by atoms with E-state index < -0.39 is 10.0 Å². The van der Waals surface area contributed by atoms with Crippen molar-refractivity contribution < 1.29 is 8.42 Å². The molecule has 1 fully saturated rings. The van der Waals surface area contributed by atoms with E-state index in [1.807, 2.05) is 12.4 Å². The molecule has 108 valence electrons. The lowest BCUT2D eigenvalue weighted by molar-refractivity contribution is 0.384. The summed E-state index contributed by atoms with van der Waals surface area (Å²) in [6.07, 6.45) is 2.44. The van der Waals surface area contributed by atoms with Crippen molar-refractivity contribution in [3.8, 4) is 0 Å². The molecule has 2 heterocycles. The molecular formula is C11H20N4O2S2. The molecule has 6 nitrogen and oxygen atoms in total. The van der Waals surface area contributed by atoms with E-state index in [9.17, 15) is 8.42 Å². The Morgan fingerprint density at radius 2 is 2.11 bits per heavy atom. The molecule has 19 heavy (non-hydrogen) atoms. The van der Waals surface area contributed by atoms with Gasteiger partial charge in [0.25, 0.3) is 0 Å². The summed E-state index contributed by atoms with van der Waals surface area (Å²) in [4.78, 5) is 6.40. The molecule has 0 aliphatic carbocycles. The van der Waals surface area contributed by atoms with Crippen molar-refractivity contribution in [3.05, 3.63) is 11.6 Å². The van der Waals surface area contributed by atoms with Crippen molar-refractivity contribution >= 4 is 26.5 Å². The van der Waals surface area contributed by atoms with E-state index in [1.165, 1.54) is 0 Å². The molecule has 0 saturated carbocycles. The monoisotopic (exact) mass is 304 g/mol. The summed E-state index contributed by atoms with van der Waals surface area (Å²) in [7, 11) is -1.27. The zero-order valence-electron chi connectivity index (χ0n) is 11.1. The standard InChI is InChI=1S/C11H20N4O2S2/c1-12-3-2-10-19(16,17)15-7-5-14(6-8-15)11-13-4-9-18-11/h4,9,12H,2-3,5-8,10H2,1H3. The third-order valence-electron chi connectivity index (χ3n) is 3.15. The Bertz CT molecular complexity index is 467. The molecule has 1 N–H and O–H groups in total. The van der Waals surface area contributed by atoms with Gasteiger partial charge >= 0.3 is 0 Å². The Balaban J connectivity index is 1.85. The van der Waals surface area contributed by atoms with Gasteiger partial charge in [-0.3, -0.25) is 0 Å². The van der Waals surface area contributed by atoms with Crippen LogP contribution in [0.2, 0.25) is 0 Å². The number of aromatic nitrogens is 1. The minimum atomic E-state index is -3.10. The van der Waals surface area contributed by atoms with Crippen molar-refractivity contribution in [1.82, 2.24) is 14.6 Å². The van der Waals surface area contributed by atoms with Crippen molar-refractivity contribution in [2.75, 3.05) is 50.4 Å². The largest absolute Gasteiger partial charge is 0.345 e. The molecule has 0 radical (unpaired) electrons. The summed E-state index contributed by atoms with van der Waals surface area (Å²) in [5.74, 6) is 0.227. The van der Waals surface area contributed by atoms with Crippen molar-refractivity contribution in [2.24, 2.45) is 0 Å². The highest BCUT2D eigenvalue weighted by molar-refractivity contribution is 7.89. The van der Waals surface area contributed by atoms with Crippen molar-refractivity contribution in [3.63, 3.8) is 0 Å². The van der Waals surface area contributed by atoms with Gasteiger partial charge in [0.15, 0.2) is 5.13 Å². The van der Waals surface area contributed by atoms with E-state index in [0.717, 1.165) is 24.8 Å². The maximum atomic E-state index is 12.1. The number of rotatable bonds is 6. The van der Waals surface area contributed by atoms with Gasteiger partial charge < -0.3 is 10.2 Å². The normalized spacial score (nSPS) is 17.8. The van der Waals surface area contributed by atoms with E-state index in [-0.39, 0.29) is 5.75 Å². The average Bonchev–Trinajstić information content (AvgIpc) is 2.93. The molecule has 1 aliphatic heterocycles. The van der Waals surface area contributed by atoms with E-state index in [0.29, 0.717) is 19.5 Å². The Hall–Kier alpha value is -0.700. The van der Waals surface area contributed by atoms with E-state index in [2.05, 4.69) is 15.2 Å². The highest BCUT2D eigenvalue weighted by Gasteiger charge is 2.27. The van der Waals surface area contributed by atoms with E-state index >= 15 is 0 Å². The van der Waals surface area contributed by atoms with Gasteiger partial charge in [0.2, 0.25) is 10.0 Å². The first kappa shape index (κ1) is 14.7. The Morgan fingerprint density at radius 3 is 2.68 bits per heavy atom. The van der Waals surface area contributed by atoms with Crippen LogP contribution in [0.15, 0.2) is 11.6 Å². The number of anilines is 1. The van der Waals surface area contributed by atoms with Crippen LogP contribution in [0.25, 0.3) is 0 Å². The third-order valence-corrected chi connectivity index (χ3v) is 5.94. The molecule has 0 atom stereocenters. The molecule has 0 amide bonds. The maximum Gasteiger partial charge on any atom is 0.214 e. The van der Waals surface area contributed by atoms with E-state index in [4.69, 9.17) is 0 Å². The lowest BCUT2D eigenvalue weighted by atomic mass is 10.4. The predicted octanol–water partition coefficient (Wildman–Crippen LogP) is 0.204. The first-order chi connectivity index (χ1) is 9.13. The third kappa shape index (κ3) is 3.88. The zero-order chi connectivity index (χ0) is 13.7. The fraction of sp³-hybridized carbons (Fsp3) is 0.727. The number of nitrogens with one attached hydrogen (secondary N) is 1. The van der Waals surface area contributed by atoms with Crippen LogP contribution in [0.3, 0.4) is 0 Å². The number of hydrogen-bond donors (Lipinski definition) is 1. The molecule has 2 rings (SSSR count). The summed E-state index contributed by atoms with van der Waals surface area (Å²) in [5, 5.41) is 5.89. The van der Waals surface area contributed by atoms with Gasteiger partial charge in [-0.2, -0.15) is 4.31 Å². The van der Waals surface area contributed by atoms with Crippen molar-refractivity contribution in [1.29, 1.82) is 0 Å². The van der Waals surface area contributed by atoms with Crippen LogP contribution in [0, 0.1) is 0 Å². The lowest BCUT2D eigenvalue weighted by Gasteiger charge is -2.33. The molecular weight excluding hydrogens is 284 g/mol. The molecule has 0 spiro atoms. The van der Waals surface area contributed by atoms with Gasteiger partial charge in [0.05, 0.1) is 5.75 Å². The minimum absolute atomic E-state index is 0.227. The Morgan fingerprint density at radius 1 is 1.37 bits per heavy atom. The average molecular weight is 304 g/mol. The first-order valence-electron chi connectivity index (χ1n) is 6.40. The smallest absolute Gasteiger partial charge is 0.214 e. The number of hydrogen-bond acceptors (Lipinski definition) is 6. The summed E-state index contributed by atoms with van der Waals surface area (Å²) in [6, 6.07) is 0. The van der Waals surface area contributed by atoms with Gasteiger partial charge in [-0.05, 0) is 20.0 Å². The molecule has 0 aromatic carbocycles. The fourth-order valence-corrected chi connectivity index (χ4v) is 4.27. The molecule has 1 aromatic rings. The van der Waals surface area contributed by atoms with Crippen LogP contribution in [-0.2, 0) is 10.0 Å². The Kier molecular flexibility index (Phi) is 5.14. The lowest BCUT2D eigenvalue weighted by Crippen LogP contribution is -2.49. The molecule has 0 bridgehead atoms. The molecule has 1 saturated heterocycles. The Labute approximate surface area is 118 Å². The first-order valence-corrected chi connectivity index (χ1v) is 8.89. The SMILES string of the molecule is CNCCCS(=O)(=O)N1CCN(c2nccs2)CC1. The van der Waals surface area contributed by atoms with Crippen molar-refractivity contribution in [2.45, 2.75) is 6.42 Å². The second-order valence-electron chi connectivity index (χ2n) is 4.47. The van der Waals surface area contributed by atoms with Crippen LogP contribution >= 0.6 is 11.3 Å². The zero-order valence-corrected chi connectivity index (χ0v) is 12.7. The van der Waals surface area contributed by atoms with Crippen LogP contribution in [0.5, 0.6) is 0 Å². The number of sulfonamides is 1. The summed E-state index contributed by atoms with van der Waals surface area (Å²) in [6.45, 7) is 3.29. The predicted molar refractivity (Wildman–Crippen MR) is 78.2 cm³/mol. The highest BCUT2D eigenvalue weighted by Crippen LogP contribution is 2.20. The topological polar surface area (TPSA) is 65.5 Å². The van der Waals surface area contributed by atoms with Gasteiger partial charge in [-0.15, -0.1) is 11.3 Å². The summed E-state index contributed by atoms with van der Waals surface area (Å²) in [5.41, 5.74) is 0. The molecule has 0 unspecified atom stereocenters.